The molecule has 0 amide bonds. The normalized spacial score (nSPS) is 11.4. The molecule has 30 heavy (non-hydrogen) atoms. The van der Waals surface area contributed by atoms with Gasteiger partial charge in [-0.3, -0.25) is 0 Å². The van der Waals surface area contributed by atoms with E-state index in [0.717, 1.165) is 11.1 Å². The van der Waals surface area contributed by atoms with Gasteiger partial charge in [0.05, 0.1) is 4.90 Å². The van der Waals surface area contributed by atoms with Crippen molar-refractivity contribution in [2.45, 2.75) is 23.4 Å². The number of anilines is 1. The highest BCUT2D eigenvalue weighted by atomic mass is 32.2. The number of halogens is 1. The van der Waals surface area contributed by atoms with Crippen LogP contribution in [0, 0.1) is 12.7 Å². The Morgan fingerprint density at radius 1 is 0.933 bits per heavy atom. The summed E-state index contributed by atoms with van der Waals surface area (Å²) in [5.41, 5.74) is 2.38. The first-order chi connectivity index (χ1) is 14.4. The standard InChI is InChI=1S/C23H19FN2O3S/c1-16-7-13-20(14-8-16)30(27,28)23-22(25-15-17-5-3-2-4-6-17)29-21(26-23)18-9-11-19(24)12-10-18/h2-14,25H,15H2,1H3. The molecule has 0 atom stereocenters. The van der Waals surface area contributed by atoms with Gasteiger partial charge in [-0.1, -0.05) is 48.0 Å². The predicted octanol–water partition coefficient (Wildman–Crippen LogP) is 5.23. The lowest BCUT2D eigenvalue weighted by atomic mass is 10.2. The molecular weight excluding hydrogens is 403 g/mol. The van der Waals surface area contributed by atoms with E-state index in [1.807, 2.05) is 37.3 Å². The maximum Gasteiger partial charge on any atom is 0.234 e. The number of aryl methyl sites for hydroxylation is 1. The first kappa shape index (κ1) is 19.8. The summed E-state index contributed by atoms with van der Waals surface area (Å²) in [5.74, 6) is -0.268. The molecule has 3 aromatic carbocycles. The van der Waals surface area contributed by atoms with Crippen molar-refractivity contribution in [1.82, 2.24) is 4.98 Å². The molecule has 0 bridgehead atoms. The summed E-state index contributed by atoms with van der Waals surface area (Å²) >= 11 is 0. The van der Waals surface area contributed by atoms with Crippen molar-refractivity contribution in [3.8, 4) is 11.5 Å². The summed E-state index contributed by atoms with van der Waals surface area (Å²) in [4.78, 5) is 4.37. The van der Waals surface area contributed by atoms with E-state index in [1.54, 1.807) is 12.1 Å². The highest BCUT2D eigenvalue weighted by Crippen LogP contribution is 2.32. The van der Waals surface area contributed by atoms with E-state index in [0.29, 0.717) is 12.1 Å². The Hall–Kier alpha value is -3.45. The number of nitrogens with zero attached hydrogens (tertiary/aromatic N) is 1. The Morgan fingerprint density at radius 3 is 2.27 bits per heavy atom. The van der Waals surface area contributed by atoms with Crippen LogP contribution in [0.1, 0.15) is 11.1 Å². The summed E-state index contributed by atoms with van der Waals surface area (Å²) in [5, 5.41) is 2.83. The number of aromatic nitrogens is 1. The van der Waals surface area contributed by atoms with Crippen LogP contribution in [-0.2, 0) is 16.4 Å². The fourth-order valence-electron chi connectivity index (χ4n) is 2.92. The lowest BCUT2D eigenvalue weighted by Crippen LogP contribution is -2.07. The van der Waals surface area contributed by atoms with Crippen molar-refractivity contribution in [2.75, 3.05) is 5.32 Å². The molecule has 0 aliphatic rings. The lowest BCUT2D eigenvalue weighted by Gasteiger charge is -2.06. The Kier molecular flexibility index (Phi) is 5.37. The van der Waals surface area contributed by atoms with Gasteiger partial charge in [-0.05, 0) is 48.9 Å². The molecule has 0 spiro atoms. The second-order valence-corrected chi connectivity index (χ2v) is 8.68. The first-order valence-corrected chi connectivity index (χ1v) is 10.8. The number of oxazole rings is 1. The van der Waals surface area contributed by atoms with Crippen LogP contribution < -0.4 is 5.32 Å². The molecule has 152 valence electrons. The maximum absolute atomic E-state index is 13.3. The quantitative estimate of drug-likeness (QED) is 0.460. The monoisotopic (exact) mass is 422 g/mol. The number of hydrogen-bond donors (Lipinski definition) is 1. The number of sulfone groups is 1. The Morgan fingerprint density at radius 2 is 1.60 bits per heavy atom. The van der Waals surface area contributed by atoms with E-state index in [9.17, 15) is 12.8 Å². The molecule has 1 heterocycles. The SMILES string of the molecule is Cc1ccc(S(=O)(=O)c2nc(-c3ccc(F)cc3)oc2NCc2ccccc2)cc1. The zero-order valence-corrected chi connectivity index (χ0v) is 17.0. The van der Waals surface area contributed by atoms with Crippen molar-refractivity contribution in [3.05, 3.63) is 95.8 Å². The summed E-state index contributed by atoms with van der Waals surface area (Å²) in [6.07, 6.45) is 0. The van der Waals surface area contributed by atoms with Crippen LogP contribution in [-0.4, -0.2) is 13.4 Å². The zero-order chi connectivity index (χ0) is 21.1. The Bertz CT molecular complexity index is 1250. The van der Waals surface area contributed by atoms with Crippen molar-refractivity contribution < 1.29 is 17.2 Å². The van der Waals surface area contributed by atoms with Crippen LogP contribution in [0.15, 0.2) is 93.2 Å². The molecule has 0 saturated carbocycles. The van der Waals surface area contributed by atoms with Gasteiger partial charge in [0.1, 0.15) is 5.82 Å². The molecule has 1 N–H and O–H groups in total. The molecule has 0 aliphatic heterocycles. The topological polar surface area (TPSA) is 72.2 Å². The highest BCUT2D eigenvalue weighted by molar-refractivity contribution is 7.91. The van der Waals surface area contributed by atoms with Gasteiger partial charge in [-0.2, -0.15) is 4.98 Å². The molecule has 7 heteroatoms. The van der Waals surface area contributed by atoms with Crippen LogP contribution in [0.4, 0.5) is 10.3 Å². The molecule has 1 aromatic heterocycles. The minimum absolute atomic E-state index is 0.0405. The second-order valence-electron chi connectivity index (χ2n) is 6.82. The van der Waals surface area contributed by atoms with E-state index in [-0.39, 0.29) is 21.7 Å². The summed E-state index contributed by atoms with van der Waals surface area (Å²) in [7, 11) is -3.93. The van der Waals surface area contributed by atoms with Gasteiger partial charge in [0.2, 0.25) is 26.6 Å². The summed E-state index contributed by atoms with van der Waals surface area (Å²) < 4.78 is 45.6. The molecule has 0 unspecified atom stereocenters. The zero-order valence-electron chi connectivity index (χ0n) is 16.2. The smallest absolute Gasteiger partial charge is 0.234 e. The third-order valence-electron chi connectivity index (χ3n) is 4.57. The number of hydrogen-bond acceptors (Lipinski definition) is 5. The minimum atomic E-state index is -3.93. The fraction of sp³-hybridized carbons (Fsp3) is 0.0870. The lowest BCUT2D eigenvalue weighted by molar-refractivity contribution is 0.576. The van der Waals surface area contributed by atoms with E-state index in [2.05, 4.69) is 10.3 Å². The van der Waals surface area contributed by atoms with Crippen LogP contribution >= 0.6 is 0 Å². The van der Waals surface area contributed by atoms with E-state index >= 15 is 0 Å². The van der Waals surface area contributed by atoms with Crippen molar-refractivity contribution in [2.24, 2.45) is 0 Å². The van der Waals surface area contributed by atoms with Gasteiger partial charge in [-0.25, -0.2) is 12.8 Å². The van der Waals surface area contributed by atoms with Crippen LogP contribution in [0.25, 0.3) is 11.5 Å². The van der Waals surface area contributed by atoms with Crippen molar-refractivity contribution >= 4 is 15.7 Å². The Labute approximate surface area is 174 Å². The number of nitrogens with one attached hydrogen (secondary N) is 1. The number of benzene rings is 3. The van der Waals surface area contributed by atoms with Crippen molar-refractivity contribution in [1.29, 1.82) is 0 Å². The summed E-state index contributed by atoms with van der Waals surface area (Å²) in [6.45, 7) is 2.24. The van der Waals surface area contributed by atoms with Gasteiger partial charge in [0, 0.05) is 12.1 Å². The van der Waals surface area contributed by atoms with Gasteiger partial charge >= 0.3 is 0 Å². The average Bonchev–Trinajstić information content (AvgIpc) is 3.19. The second kappa shape index (κ2) is 8.12. The molecule has 0 radical (unpaired) electrons. The third kappa shape index (κ3) is 4.11. The van der Waals surface area contributed by atoms with Crippen LogP contribution in [0.5, 0.6) is 0 Å². The predicted molar refractivity (Wildman–Crippen MR) is 112 cm³/mol. The van der Waals surface area contributed by atoms with E-state index in [4.69, 9.17) is 4.42 Å². The minimum Gasteiger partial charge on any atom is -0.419 e. The number of rotatable bonds is 6. The van der Waals surface area contributed by atoms with E-state index in [1.165, 1.54) is 36.4 Å². The molecule has 0 aliphatic carbocycles. The van der Waals surface area contributed by atoms with E-state index < -0.39 is 15.7 Å². The van der Waals surface area contributed by atoms with Crippen LogP contribution in [0.3, 0.4) is 0 Å². The van der Waals surface area contributed by atoms with Gasteiger partial charge in [-0.15, -0.1) is 0 Å². The third-order valence-corrected chi connectivity index (χ3v) is 6.25. The molecule has 5 nitrogen and oxygen atoms in total. The maximum atomic E-state index is 13.3. The molecule has 0 fully saturated rings. The molecule has 0 saturated heterocycles. The van der Waals surface area contributed by atoms with Crippen molar-refractivity contribution in [3.63, 3.8) is 0 Å². The fourth-order valence-corrected chi connectivity index (χ4v) is 4.20. The highest BCUT2D eigenvalue weighted by Gasteiger charge is 2.28. The average molecular weight is 422 g/mol. The summed E-state index contributed by atoms with van der Waals surface area (Å²) in [6, 6.07) is 21.6. The van der Waals surface area contributed by atoms with Gasteiger partial charge in [0.25, 0.3) is 0 Å². The molecular formula is C23H19FN2O3S. The molecule has 4 rings (SSSR count). The van der Waals surface area contributed by atoms with Gasteiger partial charge < -0.3 is 9.73 Å². The first-order valence-electron chi connectivity index (χ1n) is 9.30. The Balaban J connectivity index is 1.76. The van der Waals surface area contributed by atoms with Gasteiger partial charge in [0.15, 0.2) is 0 Å². The molecule has 4 aromatic rings. The van der Waals surface area contributed by atoms with Crippen LogP contribution in [0.2, 0.25) is 0 Å². The largest absolute Gasteiger partial charge is 0.419 e.